The molecule has 0 spiro atoms. The number of ether oxygens (including phenoxy) is 1. The summed E-state index contributed by atoms with van der Waals surface area (Å²) in [6.07, 6.45) is -4.04. The van der Waals surface area contributed by atoms with E-state index in [4.69, 9.17) is 4.74 Å². The highest BCUT2D eigenvalue weighted by Crippen LogP contribution is 2.28. The van der Waals surface area contributed by atoms with Gasteiger partial charge in [-0.1, -0.05) is 12.1 Å². The molecule has 0 N–H and O–H groups in total. The third kappa shape index (κ3) is 3.96. The normalized spacial score (nSPS) is 18.2. The van der Waals surface area contributed by atoms with E-state index in [1.807, 2.05) is 0 Å². The van der Waals surface area contributed by atoms with Gasteiger partial charge in [-0.3, -0.25) is 9.78 Å². The van der Waals surface area contributed by atoms with Crippen molar-refractivity contribution < 1.29 is 27.1 Å². The quantitative estimate of drug-likeness (QED) is 0.776. The number of amides is 1. The zero-order valence-corrected chi connectivity index (χ0v) is 13.0. The Kier molecular flexibility index (Phi) is 4.71. The Morgan fingerprint density at radius 1 is 1.16 bits per heavy atom. The Labute approximate surface area is 141 Å². The molecule has 0 saturated carbocycles. The summed E-state index contributed by atoms with van der Waals surface area (Å²) in [5.41, 5.74) is -0.243. The molecule has 1 aromatic carbocycles. The minimum absolute atomic E-state index is 0.0766. The average Bonchev–Trinajstić information content (AvgIpc) is 2.61. The average molecular weight is 354 g/mol. The SMILES string of the molecule is O=C(c1ccc(C(F)(F)F)nc1)N1CCOC(c2ccc(F)cc2)C1. The van der Waals surface area contributed by atoms with Gasteiger partial charge in [-0.05, 0) is 29.8 Å². The summed E-state index contributed by atoms with van der Waals surface area (Å²) >= 11 is 0. The van der Waals surface area contributed by atoms with Crippen LogP contribution in [0.3, 0.4) is 0 Å². The zero-order chi connectivity index (χ0) is 18.0. The number of benzene rings is 1. The molecule has 1 aromatic heterocycles. The number of rotatable bonds is 2. The summed E-state index contributed by atoms with van der Waals surface area (Å²) in [5.74, 6) is -0.792. The molecular weight excluding hydrogens is 340 g/mol. The van der Waals surface area contributed by atoms with E-state index in [1.54, 1.807) is 12.1 Å². The molecule has 2 aromatic rings. The van der Waals surface area contributed by atoms with Crippen molar-refractivity contribution in [2.24, 2.45) is 0 Å². The Morgan fingerprint density at radius 2 is 1.88 bits per heavy atom. The maximum Gasteiger partial charge on any atom is 0.433 e. The molecule has 1 amide bonds. The highest BCUT2D eigenvalue weighted by molar-refractivity contribution is 5.94. The smallest absolute Gasteiger partial charge is 0.370 e. The van der Waals surface area contributed by atoms with Crippen molar-refractivity contribution in [3.63, 3.8) is 0 Å². The van der Waals surface area contributed by atoms with Crippen LogP contribution in [0.1, 0.15) is 27.7 Å². The van der Waals surface area contributed by atoms with Gasteiger partial charge in [0, 0.05) is 12.7 Å². The molecule has 1 atom stereocenters. The summed E-state index contributed by atoms with van der Waals surface area (Å²) in [5, 5.41) is 0. The van der Waals surface area contributed by atoms with Crippen molar-refractivity contribution in [3.8, 4) is 0 Å². The van der Waals surface area contributed by atoms with Crippen molar-refractivity contribution in [1.29, 1.82) is 0 Å². The molecule has 4 nitrogen and oxygen atoms in total. The van der Waals surface area contributed by atoms with Gasteiger partial charge in [0.15, 0.2) is 0 Å². The third-order valence-corrected chi connectivity index (χ3v) is 3.90. The fourth-order valence-electron chi connectivity index (χ4n) is 2.58. The van der Waals surface area contributed by atoms with Crippen LogP contribution in [-0.2, 0) is 10.9 Å². The van der Waals surface area contributed by atoms with Crippen molar-refractivity contribution in [3.05, 3.63) is 65.2 Å². The third-order valence-electron chi connectivity index (χ3n) is 3.90. The van der Waals surface area contributed by atoms with Crippen molar-refractivity contribution in [1.82, 2.24) is 9.88 Å². The van der Waals surface area contributed by atoms with Crippen LogP contribution in [0, 0.1) is 5.82 Å². The van der Waals surface area contributed by atoms with E-state index in [0.717, 1.165) is 23.9 Å². The number of carbonyl (C=O) groups is 1. The van der Waals surface area contributed by atoms with Gasteiger partial charge in [-0.2, -0.15) is 13.2 Å². The summed E-state index contributed by atoms with van der Waals surface area (Å²) in [6.45, 7) is 0.824. The van der Waals surface area contributed by atoms with Crippen molar-refractivity contribution in [2.75, 3.05) is 19.7 Å². The summed E-state index contributed by atoms with van der Waals surface area (Å²) < 4.78 is 56.2. The maximum absolute atomic E-state index is 13.0. The molecule has 132 valence electrons. The predicted octanol–water partition coefficient (Wildman–Crippen LogP) is 3.45. The lowest BCUT2D eigenvalue weighted by Crippen LogP contribution is -2.42. The van der Waals surface area contributed by atoms with Crippen LogP contribution in [0.15, 0.2) is 42.6 Å². The van der Waals surface area contributed by atoms with Gasteiger partial charge >= 0.3 is 6.18 Å². The number of hydrogen-bond donors (Lipinski definition) is 0. The lowest BCUT2D eigenvalue weighted by atomic mass is 10.1. The number of carbonyl (C=O) groups excluding carboxylic acids is 1. The number of alkyl halides is 3. The van der Waals surface area contributed by atoms with Crippen LogP contribution in [0.4, 0.5) is 17.6 Å². The van der Waals surface area contributed by atoms with Crippen LogP contribution < -0.4 is 0 Å². The summed E-state index contributed by atoms with van der Waals surface area (Å²) in [4.78, 5) is 17.3. The molecule has 0 radical (unpaired) electrons. The standard InChI is InChI=1S/C17H14F4N2O2/c18-13-4-1-11(2-5-13)14-10-23(7-8-25-14)16(24)12-3-6-15(22-9-12)17(19,20)21/h1-6,9,14H,7-8,10H2. The fraction of sp³-hybridized carbons (Fsp3) is 0.294. The van der Waals surface area contributed by atoms with E-state index in [1.165, 1.54) is 17.0 Å². The number of aromatic nitrogens is 1. The number of pyridine rings is 1. The first-order chi connectivity index (χ1) is 11.8. The van der Waals surface area contributed by atoms with E-state index >= 15 is 0 Å². The van der Waals surface area contributed by atoms with E-state index in [9.17, 15) is 22.4 Å². The van der Waals surface area contributed by atoms with E-state index < -0.39 is 23.9 Å². The fourth-order valence-corrected chi connectivity index (χ4v) is 2.58. The minimum atomic E-state index is -4.55. The second-order valence-corrected chi connectivity index (χ2v) is 5.59. The number of halogens is 4. The van der Waals surface area contributed by atoms with Gasteiger partial charge in [0.1, 0.15) is 17.6 Å². The van der Waals surface area contributed by atoms with Crippen LogP contribution in [0.25, 0.3) is 0 Å². The molecule has 1 aliphatic heterocycles. The maximum atomic E-state index is 13.0. The van der Waals surface area contributed by atoms with Crippen LogP contribution in [0.2, 0.25) is 0 Å². The number of nitrogens with zero attached hydrogens (tertiary/aromatic N) is 2. The lowest BCUT2D eigenvalue weighted by Gasteiger charge is -2.33. The molecule has 1 unspecified atom stereocenters. The number of morpholine rings is 1. The molecule has 2 heterocycles. The Bertz CT molecular complexity index is 745. The van der Waals surface area contributed by atoms with Gasteiger partial charge < -0.3 is 9.64 Å². The zero-order valence-electron chi connectivity index (χ0n) is 13.0. The van der Waals surface area contributed by atoms with Gasteiger partial charge in [0.05, 0.1) is 18.7 Å². The van der Waals surface area contributed by atoms with Crippen LogP contribution in [0.5, 0.6) is 0 Å². The first-order valence-electron chi connectivity index (χ1n) is 7.54. The highest BCUT2D eigenvalue weighted by Gasteiger charge is 2.33. The Hall–Kier alpha value is -2.48. The van der Waals surface area contributed by atoms with Crippen molar-refractivity contribution in [2.45, 2.75) is 12.3 Å². The molecular formula is C17H14F4N2O2. The highest BCUT2D eigenvalue weighted by atomic mass is 19.4. The summed E-state index contributed by atoms with van der Waals surface area (Å²) in [7, 11) is 0. The first kappa shape index (κ1) is 17.3. The van der Waals surface area contributed by atoms with Crippen LogP contribution in [-0.4, -0.2) is 35.5 Å². The molecule has 25 heavy (non-hydrogen) atoms. The minimum Gasteiger partial charge on any atom is -0.370 e. The molecule has 3 rings (SSSR count). The molecule has 1 aliphatic rings. The predicted molar refractivity (Wildman–Crippen MR) is 80.2 cm³/mol. The van der Waals surface area contributed by atoms with E-state index in [2.05, 4.69) is 4.98 Å². The second kappa shape index (κ2) is 6.79. The molecule has 1 saturated heterocycles. The molecule has 8 heteroatoms. The number of hydrogen-bond acceptors (Lipinski definition) is 3. The Balaban J connectivity index is 1.72. The second-order valence-electron chi connectivity index (χ2n) is 5.59. The molecule has 1 fully saturated rings. The van der Waals surface area contributed by atoms with Gasteiger partial charge in [-0.15, -0.1) is 0 Å². The molecule has 0 aliphatic carbocycles. The van der Waals surface area contributed by atoms with E-state index in [-0.39, 0.29) is 24.5 Å². The van der Waals surface area contributed by atoms with Gasteiger partial charge in [-0.25, -0.2) is 4.39 Å². The summed E-state index contributed by atoms with van der Waals surface area (Å²) in [6, 6.07) is 7.66. The Morgan fingerprint density at radius 3 is 2.48 bits per heavy atom. The largest absolute Gasteiger partial charge is 0.433 e. The van der Waals surface area contributed by atoms with Gasteiger partial charge in [0.25, 0.3) is 5.91 Å². The van der Waals surface area contributed by atoms with Crippen LogP contribution >= 0.6 is 0 Å². The monoisotopic (exact) mass is 354 g/mol. The van der Waals surface area contributed by atoms with Crippen molar-refractivity contribution >= 4 is 5.91 Å². The molecule has 0 bridgehead atoms. The van der Waals surface area contributed by atoms with Gasteiger partial charge in [0.2, 0.25) is 0 Å². The first-order valence-corrected chi connectivity index (χ1v) is 7.54. The lowest BCUT2D eigenvalue weighted by molar-refractivity contribution is -0.141. The topological polar surface area (TPSA) is 42.4 Å². The van der Waals surface area contributed by atoms with E-state index in [0.29, 0.717) is 6.54 Å².